The first-order chi connectivity index (χ1) is 8.20. The van der Waals surface area contributed by atoms with E-state index in [0.29, 0.717) is 5.92 Å². The van der Waals surface area contributed by atoms with Crippen molar-refractivity contribution in [1.82, 2.24) is 5.32 Å². The Labute approximate surface area is 110 Å². The molecule has 0 aromatic rings. The number of aliphatic hydroxyl groups excluding tert-OH is 1. The van der Waals surface area contributed by atoms with Crippen molar-refractivity contribution in [3.63, 3.8) is 0 Å². The number of aliphatic hydroxyl groups is 1. The number of nitrogens with two attached hydrogens (primary N) is 1. The van der Waals surface area contributed by atoms with Crippen molar-refractivity contribution in [2.75, 3.05) is 6.61 Å². The molecule has 1 rings (SSSR count). The molecule has 4 N–H and O–H groups in total. The summed E-state index contributed by atoms with van der Waals surface area (Å²) < 4.78 is 0. The zero-order valence-corrected chi connectivity index (χ0v) is 12.1. The maximum Gasteiger partial charge on any atom is 0.237 e. The molecular weight excluding hydrogens is 228 g/mol. The fourth-order valence-corrected chi connectivity index (χ4v) is 2.37. The summed E-state index contributed by atoms with van der Waals surface area (Å²) in [5.74, 6) is 0.531. The van der Waals surface area contributed by atoms with Crippen molar-refractivity contribution >= 4 is 5.91 Å². The second-order valence-corrected chi connectivity index (χ2v) is 6.95. The maximum atomic E-state index is 12.2. The molecule has 4 nitrogen and oxygen atoms in total. The average molecular weight is 256 g/mol. The molecule has 0 heterocycles. The fourth-order valence-electron chi connectivity index (χ4n) is 2.37. The topological polar surface area (TPSA) is 75.3 Å². The number of nitrogens with one attached hydrogen (secondary N) is 1. The van der Waals surface area contributed by atoms with Crippen LogP contribution in [0.4, 0.5) is 0 Å². The van der Waals surface area contributed by atoms with Gasteiger partial charge in [0.2, 0.25) is 5.91 Å². The molecular formula is C14H28N2O2. The van der Waals surface area contributed by atoms with Gasteiger partial charge in [0, 0.05) is 0 Å². The zero-order valence-electron chi connectivity index (χ0n) is 12.1. The van der Waals surface area contributed by atoms with E-state index in [4.69, 9.17) is 5.73 Å². The lowest BCUT2D eigenvalue weighted by Crippen LogP contribution is -2.59. The van der Waals surface area contributed by atoms with Crippen LogP contribution in [-0.2, 0) is 4.79 Å². The van der Waals surface area contributed by atoms with E-state index in [2.05, 4.69) is 12.2 Å². The highest BCUT2D eigenvalue weighted by atomic mass is 16.3. The molecule has 1 saturated carbocycles. The van der Waals surface area contributed by atoms with Crippen LogP contribution in [0.1, 0.15) is 53.4 Å². The van der Waals surface area contributed by atoms with E-state index >= 15 is 0 Å². The van der Waals surface area contributed by atoms with Gasteiger partial charge in [-0.15, -0.1) is 0 Å². The van der Waals surface area contributed by atoms with E-state index in [1.165, 1.54) is 0 Å². The van der Waals surface area contributed by atoms with Crippen molar-refractivity contribution in [1.29, 1.82) is 0 Å². The summed E-state index contributed by atoms with van der Waals surface area (Å²) in [6.07, 6.45) is 3.78. The minimum Gasteiger partial charge on any atom is -0.394 e. The van der Waals surface area contributed by atoms with Crippen LogP contribution >= 0.6 is 0 Å². The quantitative estimate of drug-likeness (QED) is 0.715. The first-order valence-electron chi connectivity index (χ1n) is 6.89. The van der Waals surface area contributed by atoms with Crippen LogP contribution in [-0.4, -0.2) is 29.2 Å². The number of carbonyl (C=O) groups excluding carboxylic acids is 1. The molecule has 0 radical (unpaired) electrons. The third-order valence-corrected chi connectivity index (χ3v) is 4.14. The largest absolute Gasteiger partial charge is 0.394 e. The summed E-state index contributed by atoms with van der Waals surface area (Å²) in [4.78, 5) is 12.2. The maximum absolute atomic E-state index is 12.2. The zero-order chi connectivity index (χ0) is 14.0. The van der Waals surface area contributed by atoms with Crippen LogP contribution in [0.3, 0.4) is 0 Å². The van der Waals surface area contributed by atoms with Crippen molar-refractivity contribution in [2.24, 2.45) is 17.1 Å². The number of carbonyl (C=O) groups is 1. The first kappa shape index (κ1) is 15.4. The molecule has 1 aliphatic carbocycles. The fraction of sp³-hybridized carbons (Fsp3) is 0.929. The van der Waals surface area contributed by atoms with Crippen LogP contribution in [0.15, 0.2) is 0 Å². The summed E-state index contributed by atoms with van der Waals surface area (Å²) in [6, 6.07) is -0.541. The Morgan fingerprint density at radius 3 is 2.33 bits per heavy atom. The van der Waals surface area contributed by atoms with Gasteiger partial charge in [-0.25, -0.2) is 0 Å². The smallest absolute Gasteiger partial charge is 0.237 e. The van der Waals surface area contributed by atoms with Gasteiger partial charge in [-0.3, -0.25) is 4.79 Å². The summed E-state index contributed by atoms with van der Waals surface area (Å²) in [5, 5.41) is 12.6. The minimum atomic E-state index is -0.541. The molecule has 1 fully saturated rings. The highest BCUT2D eigenvalue weighted by Gasteiger charge is 2.38. The predicted molar refractivity (Wildman–Crippen MR) is 73.0 cm³/mol. The number of rotatable bonds is 3. The van der Waals surface area contributed by atoms with Gasteiger partial charge in [0.05, 0.1) is 18.2 Å². The monoisotopic (exact) mass is 256 g/mol. The Bertz CT molecular complexity index is 289. The Hall–Kier alpha value is -0.610. The van der Waals surface area contributed by atoms with Gasteiger partial charge in [0.1, 0.15) is 0 Å². The van der Waals surface area contributed by atoms with Crippen LogP contribution in [0.2, 0.25) is 0 Å². The van der Waals surface area contributed by atoms with Gasteiger partial charge in [-0.05, 0) is 37.0 Å². The third-order valence-electron chi connectivity index (χ3n) is 4.14. The van der Waals surface area contributed by atoms with Crippen molar-refractivity contribution in [3.05, 3.63) is 0 Å². The van der Waals surface area contributed by atoms with Gasteiger partial charge in [0.15, 0.2) is 0 Å². The van der Waals surface area contributed by atoms with Crippen molar-refractivity contribution in [2.45, 2.75) is 65.0 Å². The summed E-state index contributed by atoms with van der Waals surface area (Å²) in [6.45, 7) is 8.07. The van der Waals surface area contributed by atoms with Gasteiger partial charge < -0.3 is 16.2 Å². The Morgan fingerprint density at radius 1 is 1.44 bits per heavy atom. The highest BCUT2D eigenvalue weighted by molar-refractivity contribution is 5.83. The molecule has 0 saturated heterocycles. The van der Waals surface area contributed by atoms with Gasteiger partial charge >= 0.3 is 0 Å². The normalized spacial score (nSPS) is 30.9. The number of amides is 1. The molecule has 18 heavy (non-hydrogen) atoms. The third kappa shape index (κ3) is 3.69. The van der Waals surface area contributed by atoms with E-state index in [-0.39, 0.29) is 17.9 Å². The summed E-state index contributed by atoms with van der Waals surface area (Å²) in [7, 11) is 0. The second-order valence-electron chi connectivity index (χ2n) is 6.95. The molecule has 1 amide bonds. The van der Waals surface area contributed by atoms with Crippen LogP contribution in [0.25, 0.3) is 0 Å². The molecule has 1 atom stereocenters. The van der Waals surface area contributed by atoms with Crippen LogP contribution < -0.4 is 11.1 Å². The Morgan fingerprint density at radius 2 is 1.94 bits per heavy atom. The highest BCUT2D eigenvalue weighted by Crippen LogP contribution is 2.32. The lowest BCUT2D eigenvalue weighted by Gasteiger charge is -2.40. The van der Waals surface area contributed by atoms with Crippen molar-refractivity contribution < 1.29 is 9.90 Å². The molecule has 1 unspecified atom stereocenters. The van der Waals surface area contributed by atoms with E-state index in [0.717, 1.165) is 25.7 Å². The molecule has 106 valence electrons. The van der Waals surface area contributed by atoms with Crippen LogP contribution in [0.5, 0.6) is 0 Å². The van der Waals surface area contributed by atoms with E-state index in [9.17, 15) is 9.90 Å². The lowest BCUT2D eigenvalue weighted by atomic mass is 9.77. The van der Waals surface area contributed by atoms with E-state index < -0.39 is 11.6 Å². The molecule has 0 aromatic carbocycles. The number of hydrogen-bond acceptors (Lipinski definition) is 3. The Balaban J connectivity index is 2.66. The summed E-state index contributed by atoms with van der Waals surface area (Å²) >= 11 is 0. The summed E-state index contributed by atoms with van der Waals surface area (Å²) in [5.41, 5.74) is 5.25. The predicted octanol–water partition coefficient (Wildman–Crippen LogP) is 1.42. The van der Waals surface area contributed by atoms with Gasteiger partial charge in [-0.2, -0.15) is 0 Å². The minimum absolute atomic E-state index is 0.00230. The molecule has 1 aliphatic rings. The molecule has 0 bridgehead atoms. The van der Waals surface area contributed by atoms with Crippen LogP contribution in [0, 0.1) is 11.3 Å². The van der Waals surface area contributed by atoms with Gasteiger partial charge in [-0.1, -0.05) is 27.7 Å². The molecule has 4 heteroatoms. The molecule has 0 spiro atoms. The standard InChI is InChI=1S/C14H28N2O2/c1-10-5-7-14(9-17,8-6-10)16-12(18)11(15)13(2,3)4/h10-11,17H,5-9,15H2,1-4H3,(H,16,18). The van der Waals surface area contributed by atoms with Crippen molar-refractivity contribution in [3.8, 4) is 0 Å². The molecule has 0 aliphatic heterocycles. The first-order valence-corrected chi connectivity index (χ1v) is 6.89. The van der Waals surface area contributed by atoms with E-state index in [1.54, 1.807) is 0 Å². The van der Waals surface area contributed by atoms with Gasteiger partial charge in [0.25, 0.3) is 0 Å². The SMILES string of the molecule is CC1CCC(CO)(NC(=O)C(N)C(C)(C)C)CC1. The number of hydrogen-bond donors (Lipinski definition) is 3. The Kier molecular flexibility index (Phi) is 4.78. The average Bonchev–Trinajstić information content (AvgIpc) is 2.30. The second kappa shape index (κ2) is 5.57. The van der Waals surface area contributed by atoms with E-state index in [1.807, 2.05) is 20.8 Å². The lowest BCUT2D eigenvalue weighted by molar-refractivity contribution is -0.127. The molecule has 0 aromatic heterocycles.